The molecule has 25 heavy (non-hydrogen) atoms. The molecule has 1 atom stereocenters. The summed E-state index contributed by atoms with van der Waals surface area (Å²) in [6.07, 6.45) is 1.15. The Morgan fingerprint density at radius 2 is 2.00 bits per heavy atom. The SMILES string of the molecule is CCc1cccc(N2C[C@H](C(=O)Nc3ccc(OC)cc3)CC2=O)c1. The lowest BCUT2D eigenvalue weighted by molar-refractivity contribution is -0.122. The van der Waals surface area contributed by atoms with Crippen LogP contribution < -0.4 is 15.0 Å². The fourth-order valence-corrected chi connectivity index (χ4v) is 3.00. The summed E-state index contributed by atoms with van der Waals surface area (Å²) in [6, 6.07) is 15.1. The predicted molar refractivity (Wildman–Crippen MR) is 97.9 cm³/mol. The Balaban J connectivity index is 1.67. The molecule has 1 fully saturated rings. The Bertz CT molecular complexity index is 771. The van der Waals surface area contributed by atoms with Crippen molar-refractivity contribution in [1.29, 1.82) is 0 Å². The molecule has 2 aromatic carbocycles. The topological polar surface area (TPSA) is 58.6 Å². The van der Waals surface area contributed by atoms with Crippen LogP contribution in [0.25, 0.3) is 0 Å². The highest BCUT2D eigenvalue weighted by atomic mass is 16.5. The third-order valence-electron chi connectivity index (χ3n) is 4.48. The number of anilines is 2. The van der Waals surface area contributed by atoms with Gasteiger partial charge in [0, 0.05) is 24.3 Å². The number of nitrogens with one attached hydrogen (secondary N) is 1. The molecule has 2 aromatic rings. The van der Waals surface area contributed by atoms with Crippen LogP contribution in [0.4, 0.5) is 11.4 Å². The summed E-state index contributed by atoms with van der Waals surface area (Å²) in [5.41, 5.74) is 2.74. The Kier molecular flexibility index (Phi) is 5.03. The number of amides is 2. The van der Waals surface area contributed by atoms with Crippen molar-refractivity contribution in [3.8, 4) is 5.75 Å². The van der Waals surface area contributed by atoms with Crippen LogP contribution in [0.2, 0.25) is 0 Å². The normalized spacial score (nSPS) is 16.8. The zero-order valence-corrected chi connectivity index (χ0v) is 14.5. The first-order valence-electron chi connectivity index (χ1n) is 8.45. The molecule has 1 heterocycles. The van der Waals surface area contributed by atoms with E-state index in [-0.39, 0.29) is 24.2 Å². The molecule has 0 aromatic heterocycles. The predicted octanol–water partition coefficient (Wildman–Crippen LogP) is 3.25. The number of aryl methyl sites for hydroxylation is 1. The van der Waals surface area contributed by atoms with Gasteiger partial charge in [0.15, 0.2) is 0 Å². The van der Waals surface area contributed by atoms with Crippen molar-refractivity contribution >= 4 is 23.2 Å². The van der Waals surface area contributed by atoms with Crippen molar-refractivity contribution < 1.29 is 14.3 Å². The second-order valence-corrected chi connectivity index (χ2v) is 6.15. The molecule has 0 bridgehead atoms. The van der Waals surface area contributed by atoms with Gasteiger partial charge in [-0.25, -0.2) is 0 Å². The molecule has 3 rings (SSSR count). The molecule has 1 N–H and O–H groups in total. The molecule has 0 radical (unpaired) electrons. The van der Waals surface area contributed by atoms with Crippen molar-refractivity contribution in [2.24, 2.45) is 5.92 Å². The molecule has 1 aliphatic heterocycles. The first-order chi connectivity index (χ1) is 12.1. The Morgan fingerprint density at radius 1 is 1.24 bits per heavy atom. The van der Waals surface area contributed by atoms with E-state index in [4.69, 9.17) is 4.74 Å². The maximum Gasteiger partial charge on any atom is 0.229 e. The molecule has 2 amide bonds. The van der Waals surface area contributed by atoms with E-state index >= 15 is 0 Å². The van der Waals surface area contributed by atoms with Crippen molar-refractivity contribution in [1.82, 2.24) is 0 Å². The number of ether oxygens (including phenoxy) is 1. The van der Waals surface area contributed by atoms with E-state index in [1.807, 2.05) is 24.3 Å². The lowest BCUT2D eigenvalue weighted by Crippen LogP contribution is -2.28. The first kappa shape index (κ1) is 17.0. The second kappa shape index (κ2) is 7.38. The maximum absolute atomic E-state index is 12.5. The summed E-state index contributed by atoms with van der Waals surface area (Å²) >= 11 is 0. The highest BCUT2D eigenvalue weighted by molar-refractivity contribution is 6.03. The minimum Gasteiger partial charge on any atom is -0.497 e. The molecule has 130 valence electrons. The highest BCUT2D eigenvalue weighted by Crippen LogP contribution is 2.27. The fourth-order valence-electron chi connectivity index (χ4n) is 3.00. The zero-order valence-electron chi connectivity index (χ0n) is 14.5. The number of hydrogen-bond acceptors (Lipinski definition) is 3. The summed E-state index contributed by atoms with van der Waals surface area (Å²) in [7, 11) is 1.60. The summed E-state index contributed by atoms with van der Waals surface area (Å²) in [5.74, 6) is 0.242. The third kappa shape index (κ3) is 3.82. The quantitative estimate of drug-likeness (QED) is 0.910. The number of hydrogen-bond donors (Lipinski definition) is 1. The number of benzene rings is 2. The van der Waals surface area contributed by atoms with Gasteiger partial charge in [-0.05, 0) is 48.4 Å². The number of rotatable bonds is 5. The molecule has 0 saturated carbocycles. The van der Waals surface area contributed by atoms with Gasteiger partial charge in [0.1, 0.15) is 5.75 Å². The minimum atomic E-state index is -0.347. The van der Waals surface area contributed by atoms with Crippen LogP contribution in [0.5, 0.6) is 5.75 Å². The van der Waals surface area contributed by atoms with E-state index in [2.05, 4.69) is 12.2 Å². The van der Waals surface area contributed by atoms with Crippen LogP contribution in [0.1, 0.15) is 18.9 Å². The van der Waals surface area contributed by atoms with E-state index < -0.39 is 0 Å². The van der Waals surface area contributed by atoms with Gasteiger partial charge in [-0.15, -0.1) is 0 Å². The number of carbonyl (C=O) groups is 2. The molecule has 5 nitrogen and oxygen atoms in total. The standard InChI is InChI=1S/C20H22N2O3/c1-3-14-5-4-6-17(11-14)22-13-15(12-19(22)23)20(24)21-16-7-9-18(25-2)10-8-16/h4-11,15H,3,12-13H2,1-2H3,(H,21,24)/t15-/m1/s1. The van der Waals surface area contributed by atoms with Gasteiger partial charge in [-0.2, -0.15) is 0 Å². The average Bonchev–Trinajstić information content (AvgIpc) is 3.04. The molecular weight excluding hydrogens is 316 g/mol. The Morgan fingerprint density at radius 3 is 2.68 bits per heavy atom. The van der Waals surface area contributed by atoms with E-state index in [1.54, 1.807) is 36.3 Å². The van der Waals surface area contributed by atoms with Gasteiger partial charge in [-0.1, -0.05) is 19.1 Å². The van der Waals surface area contributed by atoms with Gasteiger partial charge in [0.2, 0.25) is 11.8 Å². The minimum absolute atomic E-state index is 0.0110. The molecule has 1 aliphatic rings. The molecule has 0 spiro atoms. The largest absolute Gasteiger partial charge is 0.497 e. The summed E-state index contributed by atoms with van der Waals surface area (Å²) in [6.45, 7) is 2.49. The van der Waals surface area contributed by atoms with E-state index in [0.29, 0.717) is 12.2 Å². The summed E-state index contributed by atoms with van der Waals surface area (Å²) in [5, 5.41) is 2.88. The number of methoxy groups -OCH3 is 1. The maximum atomic E-state index is 12.5. The third-order valence-corrected chi connectivity index (χ3v) is 4.48. The molecule has 5 heteroatoms. The summed E-state index contributed by atoms with van der Waals surface area (Å²) in [4.78, 5) is 26.6. The van der Waals surface area contributed by atoms with Crippen LogP contribution >= 0.6 is 0 Å². The fraction of sp³-hybridized carbons (Fsp3) is 0.300. The van der Waals surface area contributed by atoms with E-state index in [9.17, 15) is 9.59 Å². The van der Waals surface area contributed by atoms with E-state index in [0.717, 1.165) is 17.9 Å². The van der Waals surface area contributed by atoms with Gasteiger partial charge in [-0.3, -0.25) is 9.59 Å². The second-order valence-electron chi connectivity index (χ2n) is 6.15. The van der Waals surface area contributed by atoms with Gasteiger partial charge >= 0.3 is 0 Å². The Hall–Kier alpha value is -2.82. The monoisotopic (exact) mass is 338 g/mol. The molecular formula is C20H22N2O3. The van der Waals surface area contributed by atoms with Crippen LogP contribution in [-0.2, 0) is 16.0 Å². The number of nitrogens with zero attached hydrogens (tertiary/aromatic N) is 1. The van der Waals surface area contributed by atoms with Gasteiger partial charge in [0.05, 0.1) is 13.0 Å². The molecule has 0 aliphatic carbocycles. The van der Waals surface area contributed by atoms with Gasteiger partial charge < -0.3 is 15.0 Å². The lowest BCUT2D eigenvalue weighted by atomic mass is 10.1. The van der Waals surface area contributed by atoms with Crippen molar-refractivity contribution in [2.75, 3.05) is 23.9 Å². The first-order valence-corrected chi connectivity index (χ1v) is 8.45. The van der Waals surface area contributed by atoms with Crippen LogP contribution in [-0.4, -0.2) is 25.5 Å². The molecule has 0 unspecified atom stereocenters. The van der Waals surface area contributed by atoms with Crippen molar-refractivity contribution in [3.05, 3.63) is 54.1 Å². The van der Waals surface area contributed by atoms with Crippen molar-refractivity contribution in [2.45, 2.75) is 19.8 Å². The summed E-state index contributed by atoms with van der Waals surface area (Å²) < 4.78 is 5.11. The van der Waals surface area contributed by atoms with Crippen molar-refractivity contribution in [3.63, 3.8) is 0 Å². The highest BCUT2D eigenvalue weighted by Gasteiger charge is 2.35. The lowest BCUT2D eigenvalue weighted by Gasteiger charge is -2.17. The molecule has 1 saturated heterocycles. The van der Waals surface area contributed by atoms with Crippen LogP contribution in [0.15, 0.2) is 48.5 Å². The average molecular weight is 338 g/mol. The van der Waals surface area contributed by atoms with Crippen LogP contribution in [0.3, 0.4) is 0 Å². The number of carbonyl (C=O) groups excluding carboxylic acids is 2. The van der Waals surface area contributed by atoms with E-state index in [1.165, 1.54) is 5.56 Å². The van der Waals surface area contributed by atoms with Gasteiger partial charge in [0.25, 0.3) is 0 Å². The Labute approximate surface area is 147 Å². The zero-order chi connectivity index (χ0) is 17.8. The smallest absolute Gasteiger partial charge is 0.229 e. The van der Waals surface area contributed by atoms with Crippen LogP contribution in [0, 0.1) is 5.92 Å².